The van der Waals surface area contributed by atoms with E-state index in [-0.39, 0.29) is 18.6 Å². The fourth-order valence-corrected chi connectivity index (χ4v) is 2.20. The highest BCUT2D eigenvalue weighted by molar-refractivity contribution is 5.86. The first-order valence-electron chi connectivity index (χ1n) is 6.45. The van der Waals surface area contributed by atoms with Crippen molar-refractivity contribution in [3.8, 4) is 0 Å². The van der Waals surface area contributed by atoms with Gasteiger partial charge in [-0.1, -0.05) is 25.8 Å². The highest BCUT2D eigenvalue weighted by Gasteiger charge is 2.39. The molecule has 103 valence electrons. The van der Waals surface area contributed by atoms with Crippen molar-refractivity contribution >= 4 is 5.97 Å². The van der Waals surface area contributed by atoms with Gasteiger partial charge in [0, 0.05) is 24.3 Å². The Bertz CT molecular complexity index is 294. The number of halogens is 2. The maximum atomic E-state index is 13.8. The van der Waals surface area contributed by atoms with Crippen LogP contribution < -0.4 is 0 Å². The number of hydrogen-bond acceptors (Lipinski definition) is 2. The van der Waals surface area contributed by atoms with Gasteiger partial charge in [0.15, 0.2) is 0 Å². The van der Waals surface area contributed by atoms with E-state index in [2.05, 4.69) is 6.58 Å². The highest BCUT2D eigenvalue weighted by atomic mass is 19.3. The molecule has 0 N–H and O–H groups in total. The maximum Gasteiger partial charge on any atom is 0.333 e. The molecule has 0 unspecified atom stereocenters. The van der Waals surface area contributed by atoms with Crippen molar-refractivity contribution in [3.63, 3.8) is 0 Å². The van der Waals surface area contributed by atoms with Crippen LogP contribution in [0.1, 0.15) is 45.4 Å². The summed E-state index contributed by atoms with van der Waals surface area (Å²) in [5.41, 5.74) is 0.280. The first-order valence-corrected chi connectivity index (χ1v) is 6.45. The summed E-state index contributed by atoms with van der Waals surface area (Å²) < 4.78 is 32.4. The Balaban J connectivity index is 2.24. The largest absolute Gasteiger partial charge is 0.462 e. The summed E-state index contributed by atoms with van der Waals surface area (Å²) in [5.74, 6) is -3.72. The number of alkyl halides is 2. The van der Waals surface area contributed by atoms with Crippen molar-refractivity contribution < 1.29 is 18.3 Å². The summed E-state index contributed by atoms with van der Waals surface area (Å²) in [6, 6.07) is 0. The Morgan fingerprint density at radius 1 is 1.39 bits per heavy atom. The Kier molecular flexibility index (Phi) is 5.76. The molecule has 1 saturated carbocycles. The van der Waals surface area contributed by atoms with E-state index in [0.717, 1.165) is 19.3 Å². The van der Waals surface area contributed by atoms with Crippen molar-refractivity contribution in [1.29, 1.82) is 0 Å². The highest BCUT2D eigenvalue weighted by Crippen LogP contribution is 2.39. The van der Waals surface area contributed by atoms with Crippen LogP contribution in [0.5, 0.6) is 0 Å². The number of ether oxygens (including phenoxy) is 1. The molecule has 0 aromatic rings. The van der Waals surface area contributed by atoms with Gasteiger partial charge in [0.2, 0.25) is 0 Å². The second-order valence-corrected chi connectivity index (χ2v) is 4.97. The number of carbonyl (C=O) groups excluding carboxylic acids is 1. The molecule has 1 radical (unpaired) electrons. The normalized spacial score (nSPS) is 17.5. The average molecular weight is 259 g/mol. The quantitative estimate of drug-likeness (QED) is 0.410. The van der Waals surface area contributed by atoms with E-state index < -0.39 is 17.8 Å². The predicted octanol–water partition coefficient (Wildman–Crippen LogP) is 3.92. The van der Waals surface area contributed by atoms with Gasteiger partial charge in [-0.15, -0.1) is 0 Å². The lowest BCUT2D eigenvalue weighted by Crippen LogP contribution is -2.30. The molecule has 0 aromatic heterocycles. The van der Waals surface area contributed by atoms with Crippen molar-refractivity contribution in [3.05, 3.63) is 18.6 Å². The zero-order chi connectivity index (χ0) is 13.6. The SMILES string of the molecule is C=C(C)C(=O)OC[CH]CC(F)(F)C1CCCCC1. The van der Waals surface area contributed by atoms with Gasteiger partial charge in [0.1, 0.15) is 0 Å². The minimum atomic E-state index is -2.67. The van der Waals surface area contributed by atoms with E-state index in [1.165, 1.54) is 13.3 Å². The fourth-order valence-electron chi connectivity index (χ4n) is 2.20. The number of rotatable bonds is 6. The van der Waals surface area contributed by atoms with Crippen LogP contribution in [-0.2, 0) is 9.53 Å². The predicted molar refractivity (Wildman–Crippen MR) is 66.2 cm³/mol. The van der Waals surface area contributed by atoms with E-state index in [4.69, 9.17) is 4.74 Å². The van der Waals surface area contributed by atoms with Gasteiger partial charge in [-0.05, 0) is 19.8 Å². The molecule has 0 amide bonds. The van der Waals surface area contributed by atoms with Crippen LogP contribution in [-0.4, -0.2) is 18.5 Å². The van der Waals surface area contributed by atoms with E-state index in [1.54, 1.807) is 0 Å². The van der Waals surface area contributed by atoms with Crippen molar-refractivity contribution in [2.45, 2.75) is 51.4 Å². The zero-order valence-electron chi connectivity index (χ0n) is 10.9. The monoisotopic (exact) mass is 259 g/mol. The second-order valence-electron chi connectivity index (χ2n) is 4.97. The van der Waals surface area contributed by atoms with E-state index in [1.807, 2.05) is 0 Å². The molecule has 1 rings (SSSR count). The van der Waals surface area contributed by atoms with Gasteiger partial charge in [-0.25, -0.2) is 13.6 Å². The molecule has 0 aliphatic heterocycles. The van der Waals surface area contributed by atoms with Crippen molar-refractivity contribution in [2.75, 3.05) is 6.61 Å². The van der Waals surface area contributed by atoms with Gasteiger partial charge >= 0.3 is 5.97 Å². The summed E-state index contributed by atoms with van der Waals surface area (Å²) in [5, 5.41) is 0. The molecule has 0 aromatic carbocycles. The van der Waals surface area contributed by atoms with Crippen LogP contribution in [0.3, 0.4) is 0 Å². The third-order valence-corrected chi connectivity index (χ3v) is 3.30. The Morgan fingerprint density at radius 2 is 2.00 bits per heavy atom. The Hall–Kier alpha value is -0.930. The summed E-state index contributed by atoms with van der Waals surface area (Å²) in [6.07, 6.45) is 5.08. The topological polar surface area (TPSA) is 26.3 Å². The van der Waals surface area contributed by atoms with Gasteiger partial charge in [-0.2, -0.15) is 0 Å². The van der Waals surface area contributed by atoms with Crippen LogP contribution in [0.4, 0.5) is 8.78 Å². The average Bonchev–Trinajstić information content (AvgIpc) is 2.35. The summed E-state index contributed by atoms with van der Waals surface area (Å²) in [4.78, 5) is 11.0. The third kappa shape index (κ3) is 4.75. The van der Waals surface area contributed by atoms with Crippen molar-refractivity contribution in [1.82, 2.24) is 0 Å². The second kappa shape index (κ2) is 6.86. The molecule has 0 saturated heterocycles. The first-order chi connectivity index (χ1) is 8.43. The van der Waals surface area contributed by atoms with Crippen LogP contribution in [0.2, 0.25) is 0 Å². The standard InChI is InChI=1S/C14H21F2O2/c1-11(2)13(17)18-10-6-9-14(15,16)12-7-4-3-5-8-12/h6,12H,1,3-5,7-10H2,2H3. The lowest BCUT2D eigenvalue weighted by molar-refractivity contribution is -0.138. The third-order valence-electron chi connectivity index (χ3n) is 3.30. The Labute approximate surface area is 107 Å². The summed E-state index contributed by atoms with van der Waals surface area (Å²) >= 11 is 0. The van der Waals surface area contributed by atoms with Gasteiger partial charge in [0.05, 0.1) is 6.61 Å². The smallest absolute Gasteiger partial charge is 0.333 e. The molecule has 1 fully saturated rings. The molecule has 1 aliphatic rings. The first kappa shape index (κ1) is 15.1. The molecule has 2 nitrogen and oxygen atoms in total. The van der Waals surface area contributed by atoms with E-state index in [0.29, 0.717) is 12.8 Å². The van der Waals surface area contributed by atoms with E-state index in [9.17, 15) is 13.6 Å². The van der Waals surface area contributed by atoms with Gasteiger partial charge < -0.3 is 4.74 Å². The summed E-state index contributed by atoms with van der Waals surface area (Å²) in [7, 11) is 0. The molecule has 1 aliphatic carbocycles. The zero-order valence-corrected chi connectivity index (χ0v) is 10.9. The van der Waals surface area contributed by atoms with Crippen LogP contribution >= 0.6 is 0 Å². The molecule has 0 spiro atoms. The molecule has 0 heterocycles. The van der Waals surface area contributed by atoms with E-state index >= 15 is 0 Å². The van der Waals surface area contributed by atoms with Gasteiger partial charge in [0.25, 0.3) is 5.92 Å². The van der Waals surface area contributed by atoms with Gasteiger partial charge in [-0.3, -0.25) is 0 Å². The number of esters is 1. The minimum absolute atomic E-state index is 0.0754. The molecular weight excluding hydrogens is 238 g/mol. The van der Waals surface area contributed by atoms with Crippen LogP contribution in [0.15, 0.2) is 12.2 Å². The van der Waals surface area contributed by atoms with Crippen LogP contribution in [0, 0.1) is 12.3 Å². The lowest BCUT2D eigenvalue weighted by atomic mass is 9.83. The molecule has 18 heavy (non-hydrogen) atoms. The lowest BCUT2D eigenvalue weighted by Gasteiger charge is -2.29. The maximum absolute atomic E-state index is 13.8. The van der Waals surface area contributed by atoms with Crippen molar-refractivity contribution in [2.24, 2.45) is 5.92 Å². The minimum Gasteiger partial charge on any atom is -0.462 e. The molecule has 0 bridgehead atoms. The molecular formula is C14H21F2O2. The summed E-state index contributed by atoms with van der Waals surface area (Å²) in [6.45, 7) is 4.87. The molecule has 4 heteroatoms. The number of carbonyl (C=O) groups is 1. The fraction of sp³-hybridized carbons (Fsp3) is 0.714. The van der Waals surface area contributed by atoms with Crippen LogP contribution in [0.25, 0.3) is 0 Å². The Morgan fingerprint density at radius 3 is 2.56 bits per heavy atom. The molecule has 0 atom stereocenters. The number of hydrogen-bond donors (Lipinski definition) is 0.